The Kier molecular flexibility index (Phi) is 3.74. The van der Waals surface area contributed by atoms with Gasteiger partial charge in [0, 0.05) is 17.8 Å². The zero-order valence-electron chi connectivity index (χ0n) is 13.8. The number of aliphatic hydroxyl groups is 1. The van der Waals surface area contributed by atoms with Crippen molar-refractivity contribution < 1.29 is 13.5 Å². The number of allylic oxidation sites excluding steroid dienone is 1. The minimum atomic E-state index is -3.68. The van der Waals surface area contributed by atoms with Gasteiger partial charge in [-0.1, -0.05) is 23.8 Å². The predicted octanol–water partition coefficient (Wildman–Crippen LogP) is 3.12. The lowest BCUT2D eigenvalue weighted by Crippen LogP contribution is -2.12. The summed E-state index contributed by atoms with van der Waals surface area (Å²) in [4.78, 5) is 4.62. The number of pyridine rings is 1. The van der Waals surface area contributed by atoms with Crippen LogP contribution in [0.2, 0.25) is 0 Å². The Hall–Kier alpha value is -2.44. The van der Waals surface area contributed by atoms with Gasteiger partial charge in [-0.2, -0.15) is 0 Å². The summed E-state index contributed by atoms with van der Waals surface area (Å²) in [6, 6.07) is 10.5. The van der Waals surface area contributed by atoms with E-state index in [2.05, 4.69) is 4.98 Å². The summed E-state index contributed by atoms with van der Waals surface area (Å²) in [5.74, 6) is 0. The van der Waals surface area contributed by atoms with Crippen molar-refractivity contribution in [3.63, 3.8) is 0 Å². The molecule has 1 aliphatic rings. The van der Waals surface area contributed by atoms with Crippen molar-refractivity contribution in [1.82, 2.24) is 8.96 Å². The number of hydrogen-bond acceptors (Lipinski definition) is 4. The van der Waals surface area contributed by atoms with Gasteiger partial charge >= 0.3 is 0 Å². The second kappa shape index (κ2) is 5.82. The van der Waals surface area contributed by atoms with Gasteiger partial charge in [0.25, 0.3) is 10.0 Å². The molecule has 2 aromatic heterocycles. The van der Waals surface area contributed by atoms with Crippen LogP contribution in [0.15, 0.2) is 59.8 Å². The van der Waals surface area contributed by atoms with Crippen molar-refractivity contribution in [3.05, 3.63) is 66.0 Å². The molecule has 1 N–H and O–H groups in total. The van der Waals surface area contributed by atoms with Crippen molar-refractivity contribution in [1.29, 1.82) is 0 Å². The van der Waals surface area contributed by atoms with Crippen molar-refractivity contribution in [3.8, 4) is 0 Å². The predicted molar refractivity (Wildman–Crippen MR) is 96.7 cm³/mol. The van der Waals surface area contributed by atoms with E-state index >= 15 is 0 Å². The average Bonchev–Trinajstić information content (AvgIpc) is 3.21. The van der Waals surface area contributed by atoms with Gasteiger partial charge in [-0.3, -0.25) is 0 Å². The van der Waals surface area contributed by atoms with Crippen molar-refractivity contribution in [2.45, 2.75) is 30.8 Å². The number of rotatable bonds is 3. The summed E-state index contributed by atoms with van der Waals surface area (Å²) in [7, 11) is -3.68. The molecule has 1 atom stereocenters. The maximum Gasteiger partial charge on any atom is 0.269 e. The van der Waals surface area contributed by atoms with Gasteiger partial charge < -0.3 is 5.11 Å². The summed E-state index contributed by atoms with van der Waals surface area (Å²) in [6.07, 6.45) is 6.16. The van der Waals surface area contributed by atoms with Gasteiger partial charge in [0.1, 0.15) is 0 Å². The highest BCUT2D eigenvalue weighted by molar-refractivity contribution is 7.90. The Morgan fingerprint density at radius 3 is 2.64 bits per heavy atom. The zero-order valence-corrected chi connectivity index (χ0v) is 14.6. The number of aliphatic hydroxyl groups excluding tert-OH is 1. The minimum Gasteiger partial charge on any atom is -0.389 e. The Bertz CT molecular complexity index is 1080. The lowest BCUT2D eigenvalue weighted by molar-refractivity contribution is 0.223. The SMILES string of the molecule is Cc1ccc(S(=O)(=O)n2ccc3cc(C4=C[C@H](O)CC4)cnc32)cc1. The third kappa shape index (κ3) is 2.77. The van der Waals surface area contributed by atoms with Crippen LogP contribution in [0.3, 0.4) is 0 Å². The van der Waals surface area contributed by atoms with E-state index in [-0.39, 0.29) is 4.90 Å². The second-order valence-electron chi connectivity index (χ2n) is 6.36. The van der Waals surface area contributed by atoms with E-state index in [1.165, 1.54) is 10.2 Å². The van der Waals surface area contributed by atoms with E-state index in [0.717, 1.165) is 34.9 Å². The van der Waals surface area contributed by atoms with Gasteiger partial charge in [0.15, 0.2) is 5.65 Å². The van der Waals surface area contributed by atoms with E-state index < -0.39 is 16.1 Å². The molecular weight excluding hydrogens is 336 g/mol. The Morgan fingerprint density at radius 2 is 1.96 bits per heavy atom. The van der Waals surface area contributed by atoms with E-state index in [1.54, 1.807) is 36.5 Å². The van der Waals surface area contributed by atoms with Crippen LogP contribution in [0.4, 0.5) is 0 Å². The molecule has 0 aliphatic heterocycles. The number of nitrogens with zero attached hydrogens (tertiary/aromatic N) is 2. The first-order valence-corrected chi connectivity index (χ1v) is 9.58. The second-order valence-corrected chi connectivity index (χ2v) is 8.18. The highest BCUT2D eigenvalue weighted by Gasteiger charge is 2.21. The quantitative estimate of drug-likeness (QED) is 0.784. The van der Waals surface area contributed by atoms with Gasteiger partial charge in [-0.15, -0.1) is 0 Å². The molecule has 6 heteroatoms. The fraction of sp³-hybridized carbons (Fsp3) is 0.211. The molecule has 0 bridgehead atoms. The van der Waals surface area contributed by atoms with E-state index in [0.29, 0.717) is 5.65 Å². The molecule has 0 unspecified atom stereocenters. The van der Waals surface area contributed by atoms with E-state index in [4.69, 9.17) is 0 Å². The number of aryl methyl sites for hydroxylation is 1. The third-order valence-corrected chi connectivity index (χ3v) is 6.23. The number of hydrogen-bond donors (Lipinski definition) is 1. The summed E-state index contributed by atoms with van der Waals surface area (Å²) in [5, 5.41) is 10.4. The van der Waals surface area contributed by atoms with Gasteiger partial charge in [0.2, 0.25) is 0 Å². The average molecular weight is 354 g/mol. The molecule has 0 fully saturated rings. The summed E-state index contributed by atoms with van der Waals surface area (Å²) in [6.45, 7) is 1.92. The van der Waals surface area contributed by atoms with Crippen LogP contribution in [0, 0.1) is 6.92 Å². The Morgan fingerprint density at radius 1 is 1.20 bits per heavy atom. The summed E-state index contributed by atoms with van der Waals surface area (Å²) >= 11 is 0. The van der Waals surface area contributed by atoms with Gasteiger partial charge in [0.05, 0.1) is 11.0 Å². The van der Waals surface area contributed by atoms with Gasteiger partial charge in [-0.25, -0.2) is 17.4 Å². The molecule has 0 saturated carbocycles. The van der Waals surface area contributed by atoms with Crippen LogP contribution in [0.5, 0.6) is 0 Å². The molecule has 25 heavy (non-hydrogen) atoms. The van der Waals surface area contributed by atoms with Crippen LogP contribution in [-0.2, 0) is 10.0 Å². The number of benzene rings is 1. The standard InChI is InChI=1S/C19H18N2O3S/c1-13-2-6-18(7-3-13)25(23,24)21-9-8-15-10-16(12-20-19(15)21)14-4-5-17(22)11-14/h2-3,6-12,17,22H,4-5H2,1H3/t17-/m1/s1. The monoisotopic (exact) mass is 354 g/mol. The maximum atomic E-state index is 12.9. The first kappa shape index (κ1) is 16.1. The van der Waals surface area contributed by atoms with Crippen molar-refractivity contribution in [2.24, 2.45) is 0 Å². The summed E-state index contributed by atoms with van der Waals surface area (Å²) < 4.78 is 27.0. The maximum absolute atomic E-state index is 12.9. The molecule has 128 valence electrons. The molecule has 1 aromatic carbocycles. The van der Waals surface area contributed by atoms with Crippen molar-refractivity contribution in [2.75, 3.05) is 0 Å². The molecule has 0 amide bonds. The molecule has 0 spiro atoms. The molecule has 0 radical (unpaired) electrons. The molecule has 2 heterocycles. The zero-order chi connectivity index (χ0) is 17.6. The fourth-order valence-corrected chi connectivity index (χ4v) is 4.44. The first-order valence-electron chi connectivity index (χ1n) is 8.14. The fourth-order valence-electron chi connectivity index (χ4n) is 3.14. The van der Waals surface area contributed by atoms with Crippen LogP contribution >= 0.6 is 0 Å². The highest BCUT2D eigenvalue weighted by Crippen LogP contribution is 2.30. The highest BCUT2D eigenvalue weighted by atomic mass is 32.2. The molecular formula is C19H18N2O3S. The number of fused-ring (bicyclic) bond motifs is 1. The topological polar surface area (TPSA) is 72.2 Å². The van der Waals surface area contributed by atoms with E-state index in [1.807, 2.05) is 19.1 Å². The minimum absolute atomic E-state index is 0.239. The molecule has 4 rings (SSSR count). The lowest BCUT2D eigenvalue weighted by atomic mass is 10.1. The van der Waals surface area contributed by atoms with Crippen LogP contribution in [0.25, 0.3) is 16.6 Å². The Balaban J connectivity index is 1.79. The lowest BCUT2D eigenvalue weighted by Gasteiger charge is -2.08. The normalized spacial score (nSPS) is 17.8. The molecule has 3 aromatic rings. The van der Waals surface area contributed by atoms with Crippen molar-refractivity contribution >= 4 is 26.6 Å². The van der Waals surface area contributed by atoms with Crippen LogP contribution < -0.4 is 0 Å². The van der Waals surface area contributed by atoms with Crippen LogP contribution in [0.1, 0.15) is 24.0 Å². The van der Waals surface area contributed by atoms with Gasteiger partial charge in [-0.05, 0) is 55.2 Å². The van der Waals surface area contributed by atoms with Crippen LogP contribution in [-0.4, -0.2) is 28.6 Å². The summed E-state index contributed by atoms with van der Waals surface area (Å²) in [5.41, 5.74) is 3.39. The number of aromatic nitrogens is 2. The molecule has 5 nitrogen and oxygen atoms in total. The molecule has 0 saturated heterocycles. The smallest absolute Gasteiger partial charge is 0.269 e. The molecule has 1 aliphatic carbocycles. The third-order valence-electron chi connectivity index (χ3n) is 4.54. The first-order chi connectivity index (χ1) is 11.9. The Labute approximate surface area is 146 Å². The van der Waals surface area contributed by atoms with E-state index in [9.17, 15) is 13.5 Å². The largest absolute Gasteiger partial charge is 0.389 e.